The van der Waals surface area contributed by atoms with Gasteiger partial charge < -0.3 is 9.73 Å². The molecule has 2 rings (SSSR count). The van der Waals surface area contributed by atoms with Crippen LogP contribution in [0.25, 0.3) is 11.3 Å². The number of hydrogen-bond donors (Lipinski definition) is 1. The Balaban J connectivity index is 2.13. The summed E-state index contributed by atoms with van der Waals surface area (Å²) in [4.78, 5) is 4.04. The van der Waals surface area contributed by atoms with E-state index in [-0.39, 0.29) is 5.56 Å². The van der Waals surface area contributed by atoms with Crippen LogP contribution in [0.1, 0.15) is 19.2 Å². The van der Waals surface area contributed by atoms with E-state index in [9.17, 15) is 8.78 Å². The zero-order valence-corrected chi connectivity index (χ0v) is 10.0. The van der Waals surface area contributed by atoms with Gasteiger partial charge in [-0.15, -0.1) is 0 Å². The average molecular weight is 252 g/mol. The lowest BCUT2D eigenvalue weighted by molar-refractivity contribution is 0.475. The third kappa shape index (κ3) is 2.92. The van der Waals surface area contributed by atoms with Crippen LogP contribution in [0.3, 0.4) is 0 Å². The first-order valence-corrected chi connectivity index (χ1v) is 5.81. The Morgan fingerprint density at radius 3 is 2.89 bits per heavy atom. The number of hydrogen-bond acceptors (Lipinski definition) is 3. The molecule has 1 aromatic carbocycles. The average Bonchev–Trinajstić information content (AvgIpc) is 2.78. The van der Waals surface area contributed by atoms with Crippen molar-refractivity contribution in [2.45, 2.75) is 19.9 Å². The van der Waals surface area contributed by atoms with Gasteiger partial charge in [0.25, 0.3) is 0 Å². The van der Waals surface area contributed by atoms with Crippen LogP contribution in [-0.2, 0) is 6.54 Å². The van der Waals surface area contributed by atoms with E-state index in [1.165, 1.54) is 18.3 Å². The molecule has 0 atom stereocenters. The maximum Gasteiger partial charge on any atom is 0.208 e. The molecule has 3 nitrogen and oxygen atoms in total. The van der Waals surface area contributed by atoms with Gasteiger partial charge in [0.05, 0.1) is 18.3 Å². The second-order valence-corrected chi connectivity index (χ2v) is 3.92. The molecule has 0 amide bonds. The molecule has 1 heterocycles. The maximum atomic E-state index is 13.5. The van der Waals surface area contributed by atoms with E-state index in [1.54, 1.807) is 0 Å². The molecule has 0 aliphatic heterocycles. The summed E-state index contributed by atoms with van der Waals surface area (Å²) in [5, 5.41) is 3.13. The van der Waals surface area contributed by atoms with Gasteiger partial charge in [0.2, 0.25) is 5.89 Å². The lowest BCUT2D eigenvalue weighted by Gasteiger charge is -1.99. The predicted molar refractivity (Wildman–Crippen MR) is 63.9 cm³/mol. The molecule has 0 saturated carbocycles. The summed E-state index contributed by atoms with van der Waals surface area (Å²) in [5.74, 6) is -0.470. The Hall–Kier alpha value is -1.75. The lowest BCUT2D eigenvalue weighted by atomic mass is 10.2. The summed E-state index contributed by atoms with van der Waals surface area (Å²) >= 11 is 0. The van der Waals surface area contributed by atoms with Crippen LogP contribution in [0, 0.1) is 11.6 Å². The molecule has 0 saturated heterocycles. The van der Waals surface area contributed by atoms with Crippen molar-refractivity contribution in [3.8, 4) is 11.3 Å². The molecule has 1 aromatic heterocycles. The molecule has 0 radical (unpaired) electrons. The van der Waals surface area contributed by atoms with Crippen molar-refractivity contribution < 1.29 is 13.2 Å². The molecular weight excluding hydrogens is 238 g/mol. The van der Waals surface area contributed by atoms with E-state index in [2.05, 4.69) is 17.2 Å². The summed E-state index contributed by atoms with van der Waals surface area (Å²) in [6.07, 6.45) is 2.46. The molecule has 5 heteroatoms. The highest BCUT2D eigenvalue weighted by atomic mass is 19.1. The van der Waals surface area contributed by atoms with E-state index >= 15 is 0 Å². The summed E-state index contributed by atoms with van der Waals surface area (Å²) < 4.78 is 31.7. The number of aromatic nitrogens is 1. The van der Waals surface area contributed by atoms with E-state index in [4.69, 9.17) is 4.42 Å². The Bertz CT molecular complexity index is 525. The van der Waals surface area contributed by atoms with E-state index in [0.29, 0.717) is 18.2 Å². The summed E-state index contributed by atoms with van der Waals surface area (Å²) in [5.41, 5.74) is 0.214. The number of rotatable bonds is 5. The molecule has 2 aromatic rings. The summed E-state index contributed by atoms with van der Waals surface area (Å²) in [6, 6.07) is 3.36. The molecular formula is C13H14F2N2O. The number of nitrogens with zero attached hydrogens (tertiary/aromatic N) is 1. The Labute approximate surface area is 104 Å². The van der Waals surface area contributed by atoms with Crippen LogP contribution in [0.15, 0.2) is 28.8 Å². The van der Waals surface area contributed by atoms with Gasteiger partial charge in [-0.1, -0.05) is 6.92 Å². The van der Waals surface area contributed by atoms with Gasteiger partial charge >= 0.3 is 0 Å². The fraction of sp³-hybridized carbons (Fsp3) is 0.308. The number of oxazole rings is 1. The zero-order chi connectivity index (χ0) is 13.0. The van der Waals surface area contributed by atoms with Crippen molar-refractivity contribution >= 4 is 0 Å². The first-order chi connectivity index (χ1) is 8.70. The van der Waals surface area contributed by atoms with Gasteiger partial charge in [0, 0.05) is 6.07 Å². The molecule has 0 fully saturated rings. The highest BCUT2D eigenvalue weighted by Crippen LogP contribution is 2.24. The van der Waals surface area contributed by atoms with Gasteiger partial charge in [0.15, 0.2) is 5.76 Å². The SMILES string of the molecule is CCCNCc1ncc(-c2ccc(F)cc2F)o1. The Morgan fingerprint density at radius 2 is 2.17 bits per heavy atom. The summed E-state index contributed by atoms with van der Waals surface area (Å²) in [6.45, 7) is 3.42. The fourth-order valence-electron chi connectivity index (χ4n) is 1.58. The van der Waals surface area contributed by atoms with E-state index in [0.717, 1.165) is 19.0 Å². The van der Waals surface area contributed by atoms with Gasteiger partial charge in [-0.25, -0.2) is 13.8 Å². The molecule has 0 aliphatic carbocycles. The Kier molecular flexibility index (Phi) is 4.04. The second-order valence-electron chi connectivity index (χ2n) is 3.92. The minimum absolute atomic E-state index is 0.214. The standard InChI is InChI=1S/C13H14F2N2O/c1-2-5-16-8-13-17-7-12(18-13)10-4-3-9(14)6-11(10)15/h3-4,6-7,16H,2,5,8H2,1H3. The van der Waals surface area contributed by atoms with Crippen molar-refractivity contribution in [3.05, 3.63) is 41.9 Å². The molecule has 18 heavy (non-hydrogen) atoms. The Morgan fingerprint density at radius 1 is 1.33 bits per heavy atom. The van der Waals surface area contributed by atoms with Crippen molar-refractivity contribution in [1.29, 1.82) is 0 Å². The smallest absolute Gasteiger partial charge is 0.208 e. The molecule has 96 valence electrons. The number of halogens is 2. The molecule has 1 N–H and O–H groups in total. The third-order valence-corrected chi connectivity index (χ3v) is 2.45. The van der Waals surface area contributed by atoms with Gasteiger partial charge in [0.1, 0.15) is 11.6 Å². The topological polar surface area (TPSA) is 38.1 Å². The van der Waals surface area contributed by atoms with Crippen molar-refractivity contribution in [2.24, 2.45) is 0 Å². The fourth-order valence-corrected chi connectivity index (χ4v) is 1.58. The second kappa shape index (κ2) is 5.73. The minimum atomic E-state index is -0.654. The van der Waals surface area contributed by atoms with Crippen LogP contribution < -0.4 is 5.32 Å². The number of benzene rings is 1. The molecule has 0 spiro atoms. The number of nitrogens with one attached hydrogen (secondary N) is 1. The van der Waals surface area contributed by atoms with Gasteiger partial charge in [-0.05, 0) is 25.1 Å². The molecule has 0 aliphatic rings. The third-order valence-electron chi connectivity index (χ3n) is 2.45. The first kappa shape index (κ1) is 12.7. The van der Waals surface area contributed by atoms with Crippen molar-refractivity contribution in [3.63, 3.8) is 0 Å². The lowest BCUT2D eigenvalue weighted by Crippen LogP contribution is -2.13. The van der Waals surface area contributed by atoms with Crippen LogP contribution in [-0.4, -0.2) is 11.5 Å². The molecule has 0 bridgehead atoms. The minimum Gasteiger partial charge on any atom is -0.439 e. The maximum absolute atomic E-state index is 13.5. The van der Waals surface area contributed by atoms with Crippen molar-refractivity contribution in [2.75, 3.05) is 6.54 Å². The summed E-state index contributed by atoms with van der Waals surface area (Å²) in [7, 11) is 0. The first-order valence-electron chi connectivity index (χ1n) is 5.81. The van der Waals surface area contributed by atoms with Gasteiger partial charge in [-0.2, -0.15) is 0 Å². The molecule has 0 unspecified atom stereocenters. The van der Waals surface area contributed by atoms with Crippen molar-refractivity contribution in [1.82, 2.24) is 10.3 Å². The van der Waals surface area contributed by atoms with Crippen LogP contribution in [0.5, 0.6) is 0 Å². The van der Waals surface area contributed by atoms with Crippen LogP contribution in [0.2, 0.25) is 0 Å². The highest BCUT2D eigenvalue weighted by Gasteiger charge is 2.11. The quantitative estimate of drug-likeness (QED) is 0.831. The van der Waals surface area contributed by atoms with Gasteiger partial charge in [-0.3, -0.25) is 0 Å². The monoisotopic (exact) mass is 252 g/mol. The van der Waals surface area contributed by atoms with E-state index in [1.807, 2.05) is 0 Å². The largest absolute Gasteiger partial charge is 0.439 e. The van der Waals surface area contributed by atoms with E-state index < -0.39 is 11.6 Å². The van der Waals surface area contributed by atoms with Crippen LogP contribution >= 0.6 is 0 Å². The highest BCUT2D eigenvalue weighted by molar-refractivity contribution is 5.57. The van der Waals surface area contributed by atoms with Crippen LogP contribution in [0.4, 0.5) is 8.78 Å². The zero-order valence-electron chi connectivity index (χ0n) is 10.0. The predicted octanol–water partition coefficient (Wildman–Crippen LogP) is 3.12. The normalized spacial score (nSPS) is 10.8.